The monoisotopic (exact) mass is 292 g/mol. The minimum Gasteiger partial charge on any atom is -0.460 e. The molecule has 0 aliphatic carbocycles. The lowest BCUT2D eigenvalue weighted by Gasteiger charge is -2.08. The van der Waals surface area contributed by atoms with Crippen molar-refractivity contribution in [3.05, 3.63) is 35.4 Å². The van der Waals surface area contributed by atoms with Crippen LogP contribution in [-0.4, -0.2) is 25.8 Å². The molecule has 0 heterocycles. The van der Waals surface area contributed by atoms with Crippen molar-refractivity contribution in [1.82, 2.24) is 0 Å². The second kappa shape index (κ2) is 10.4. The predicted octanol–water partition coefficient (Wildman–Crippen LogP) is 4.38. The molecule has 21 heavy (non-hydrogen) atoms. The van der Waals surface area contributed by atoms with Crippen LogP contribution in [0.3, 0.4) is 0 Å². The highest BCUT2D eigenvalue weighted by Gasteiger charge is 2.08. The Bertz CT molecular complexity index is 413. The summed E-state index contributed by atoms with van der Waals surface area (Å²) >= 11 is 0. The first kappa shape index (κ1) is 17.7. The lowest BCUT2D eigenvalue weighted by atomic mass is 10.1. The molecule has 1 rings (SSSR count). The molecule has 0 aromatic heterocycles. The van der Waals surface area contributed by atoms with Gasteiger partial charge in [-0.25, -0.2) is 4.79 Å². The lowest BCUT2D eigenvalue weighted by Crippen LogP contribution is -2.12. The molecule has 0 saturated carbocycles. The van der Waals surface area contributed by atoms with Gasteiger partial charge in [-0.1, -0.05) is 51.3 Å². The molecule has 0 unspecified atom stereocenters. The first-order valence-electron chi connectivity index (χ1n) is 7.91. The van der Waals surface area contributed by atoms with E-state index in [1.807, 2.05) is 25.1 Å². The second-order valence-electron chi connectivity index (χ2n) is 5.81. The number of esters is 1. The standard InChI is InChI=1S/C18H28O3/c1-15(2)9-5-4-8-12-20-13-14-21-18(19)17-11-7-6-10-16(17)3/h6-7,10-11,15H,4-5,8-9,12-14H2,1-3H3. The Kier molecular flexibility index (Phi) is 8.76. The van der Waals surface area contributed by atoms with Crippen LogP contribution in [0.2, 0.25) is 0 Å². The Morgan fingerprint density at radius 2 is 1.81 bits per heavy atom. The number of hydrogen-bond acceptors (Lipinski definition) is 3. The number of ether oxygens (including phenoxy) is 2. The molecular formula is C18H28O3. The maximum atomic E-state index is 11.8. The quantitative estimate of drug-likeness (QED) is 0.474. The van der Waals surface area contributed by atoms with Crippen molar-refractivity contribution in [3.8, 4) is 0 Å². The van der Waals surface area contributed by atoms with Gasteiger partial charge in [-0.2, -0.15) is 0 Å². The number of benzene rings is 1. The largest absolute Gasteiger partial charge is 0.460 e. The normalized spacial score (nSPS) is 10.9. The molecular weight excluding hydrogens is 264 g/mol. The summed E-state index contributed by atoms with van der Waals surface area (Å²) in [6.07, 6.45) is 4.84. The number of carbonyl (C=O) groups excluding carboxylic acids is 1. The van der Waals surface area contributed by atoms with E-state index in [0.717, 1.165) is 24.5 Å². The molecule has 0 amide bonds. The number of aryl methyl sites for hydroxylation is 1. The van der Waals surface area contributed by atoms with Crippen molar-refractivity contribution in [2.75, 3.05) is 19.8 Å². The van der Waals surface area contributed by atoms with E-state index >= 15 is 0 Å². The molecule has 0 radical (unpaired) electrons. The average molecular weight is 292 g/mol. The first-order valence-corrected chi connectivity index (χ1v) is 7.91. The Morgan fingerprint density at radius 1 is 1.05 bits per heavy atom. The van der Waals surface area contributed by atoms with Crippen LogP contribution >= 0.6 is 0 Å². The summed E-state index contributed by atoms with van der Waals surface area (Å²) in [4.78, 5) is 11.8. The van der Waals surface area contributed by atoms with Gasteiger partial charge < -0.3 is 9.47 Å². The summed E-state index contributed by atoms with van der Waals surface area (Å²) in [6, 6.07) is 7.45. The van der Waals surface area contributed by atoms with E-state index in [0.29, 0.717) is 18.8 Å². The van der Waals surface area contributed by atoms with Gasteiger partial charge in [0.1, 0.15) is 6.61 Å². The average Bonchev–Trinajstić information content (AvgIpc) is 2.45. The van der Waals surface area contributed by atoms with E-state index < -0.39 is 0 Å². The van der Waals surface area contributed by atoms with Gasteiger partial charge in [-0.05, 0) is 30.9 Å². The van der Waals surface area contributed by atoms with E-state index in [2.05, 4.69) is 13.8 Å². The van der Waals surface area contributed by atoms with E-state index in [1.54, 1.807) is 6.07 Å². The van der Waals surface area contributed by atoms with Gasteiger partial charge in [0.05, 0.1) is 12.2 Å². The van der Waals surface area contributed by atoms with Gasteiger partial charge in [0.25, 0.3) is 0 Å². The highest BCUT2D eigenvalue weighted by Crippen LogP contribution is 2.09. The molecule has 0 atom stereocenters. The van der Waals surface area contributed by atoms with Crippen LogP contribution in [0.1, 0.15) is 55.5 Å². The van der Waals surface area contributed by atoms with Crippen molar-refractivity contribution in [1.29, 1.82) is 0 Å². The van der Waals surface area contributed by atoms with Crippen LogP contribution in [0.25, 0.3) is 0 Å². The van der Waals surface area contributed by atoms with Crippen LogP contribution in [0.4, 0.5) is 0 Å². The van der Waals surface area contributed by atoms with Crippen LogP contribution in [0, 0.1) is 12.8 Å². The topological polar surface area (TPSA) is 35.5 Å². The maximum Gasteiger partial charge on any atom is 0.338 e. The van der Waals surface area contributed by atoms with Crippen molar-refractivity contribution in [3.63, 3.8) is 0 Å². The predicted molar refractivity (Wildman–Crippen MR) is 85.6 cm³/mol. The van der Waals surface area contributed by atoms with Crippen LogP contribution in [-0.2, 0) is 9.47 Å². The molecule has 1 aromatic carbocycles. The summed E-state index contributed by atoms with van der Waals surface area (Å²) in [5, 5.41) is 0. The van der Waals surface area contributed by atoms with Crippen LogP contribution in [0.15, 0.2) is 24.3 Å². The first-order chi connectivity index (χ1) is 10.1. The Labute approximate surface area is 128 Å². The molecule has 0 fully saturated rings. The van der Waals surface area contributed by atoms with Crippen molar-refractivity contribution in [2.45, 2.75) is 46.5 Å². The third-order valence-corrected chi connectivity index (χ3v) is 3.40. The van der Waals surface area contributed by atoms with Crippen LogP contribution in [0.5, 0.6) is 0 Å². The van der Waals surface area contributed by atoms with Crippen LogP contribution < -0.4 is 0 Å². The summed E-state index contributed by atoms with van der Waals surface area (Å²) in [5.74, 6) is 0.514. The van der Waals surface area contributed by atoms with Gasteiger partial charge in [-0.3, -0.25) is 0 Å². The Balaban J connectivity index is 2.02. The molecule has 0 bridgehead atoms. The zero-order chi connectivity index (χ0) is 15.5. The number of rotatable bonds is 10. The van der Waals surface area contributed by atoms with Crippen molar-refractivity contribution >= 4 is 5.97 Å². The zero-order valence-electron chi connectivity index (χ0n) is 13.6. The number of unbranched alkanes of at least 4 members (excludes halogenated alkanes) is 2. The Morgan fingerprint density at radius 3 is 2.52 bits per heavy atom. The second-order valence-corrected chi connectivity index (χ2v) is 5.81. The lowest BCUT2D eigenvalue weighted by molar-refractivity contribution is 0.0311. The molecule has 1 aromatic rings. The van der Waals surface area contributed by atoms with E-state index in [-0.39, 0.29) is 5.97 Å². The summed E-state index contributed by atoms with van der Waals surface area (Å²) < 4.78 is 10.7. The fourth-order valence-corrected chi connectivity index (χ4v) is 2.11. The molecule has 0 spiro atoms. The fraction of sp³-hybridized carbons (Fsp3) is 0.611. The molecule has 0 N–H and O–H groups in total. The minimum absolute atomic E-state index is 0.270. The minimum atomic E-state index is -0.270. The maximum absolute atomic E-state index is 11.8. The molecule has 0 aliphatic heterocycles. The van der Waals surface area contributed by atoms with Gasteiger partial charge in [-0.15, -0.1) is 0 Å². The fourth-order valence-electron chi connectivity index (χ4n) is 2.11. The molecule has 118 valence electrons. The summed E-state index contributed by atoms with van der Waals surface area (Å²) in [6.45, 7) is 7.95. The smallest absolute Gasteiger partial charge is 0.338 e. The third-order valence-electron chi connectivity index (χ3n) is 3.40. The van der Waals surface area contributed by atoms with Crippen molar-refractivity contribution in [2.24, 2.45) is 5.92 Å². The van der Waals surface area contributed by atoms with E-state index in [1.165, 1.54) is 19.3 Å². The SMILES string of the molecule is Cc1ccccc1C(=O)OCCOCCCCCC(C)C. The van der Waals surface area contributed by atoms with E-state index in [4.69, 9.17) is 9.47 Å². The van der Waals surface area contributed by atoms with Gasteiger partial charge in [0.15, 0.2) is 0 Å². The van der Waals surface area contributed by atoms with Crippen molar-refractivity contribution < 1.29 is 14.3 Å². The van der Waals surface area contributed by atoms with Gasteiger partial charge >= 0.3 is 5.97 Å². The number of carbonyl (C=O) groups is 1. The summed E-state index contributed by atoms with van der Waals surface area (Å²) in [7, 11) is 0. The van der Waals surface area contributed by atoms with Gasteiger partial charge in [0.2, 0.25) is 0 Å². The molecule has 0 saturated heterocycles. The molecule has 3 heteroatoms. The zero-order valence-corrected chi connectivity index (χ0v) is 13.6. The van der Waals surface area contributed by atoms with Gasteiger partial charge in [0, 0.05) is 6.61 Å². The molecule has 3 nitrogen and oxygen atoms in total. The summed E-state index contributed by atoms with van der Waals surface area (Å²) in [5.41, 5.74) is 1.57. The highest BCUT2D eigenvalue weighted by atomic mass is 16.6. The number of hydrogen-bond donors (Lipinski definition) is 0. The van der Waals surface area contributed by atoms with E-state index in [9.17, 15) is 4.79 Å². The third kappa shape index (κ3) is 7.86. The highest BCUT2D eigenvalue weighted by molar-refractivity contribution is 5.90. The Hall–Kier alpha value is -1.35. The molecule has 0 aliphatic rings.